The number of hydrogen-bond donors (Lipinski definition) is 2. The van der Waals surface area contributed by atoms with Crippen molar-refractivity contribution in [3.63, 3.8) is 0 Å². The number of nitrogens with one attached hydrogen (secondary N) is 2. The summed E-state index contributed by atoms with van der Waals surface area (Å²) < 4.78 is 75.7. The predicted molar refractivity (Wildman–Crippen MR) is 236 cm³/mol. The van der Waals surface area contributed by atoms with Crippen molar-refractivity contribution in [3.05, 3.63) is 132 Å². The molecule has 1 aliphatic heterocycles. The van der Waals surface area contributed by atoms with Crippen LogP contribution < -0.4 is 19.7 Å². The normalized spacial score (nSPS) is 14.3. The number of anilines is 3. The Bertz CT molecular complexity index is 2490. The molecule has 1 aliphatic rings. The number of piperazine rings is 1. The SMILES string of the molecule is CN(C)CC[C@H](CSc1ccccc1)Nc1ccc(S(=O)(=O)Nc2ncnc3cc(N4CCN(Cc5cc(Cl)ccc5-c5ccccc5)CC4)ccc23)c(OC(F)(F)F)c1. The molecule has 0 radical (unpaired) electrons. The van der Waals surface area contributed by atoms with E-state index < -0.39 is 27.0 Å². The number of thioether (sulfide) groups is 1. The molecule has 0 bridgehead atoms. The van der Waals surface area contributed by atoms with Gasteiger partial charge < -0.3 is 19.9 Å². The van der Waals surface area contributed by atoms with Gasteiger partial charge in [0.05, 0.1) is 5.52 Å². The lowest BCUT2D eigenvalue weighted by molar-refractivity contribution is -0.275. The molecule has 1 saturated heterocycles. The van der Waals surface area contributed by atoms with Crippen LogP contribution in [0.5, 0.6) is 5.75 Å². The van der Waals surface area contributed by atoms with E-state index in [2.05, 4.69) is 52.7 Å². The van der Waals surface area contributed by atoms with Gasteiger partial charge in [-0.2, -0.15) is 0 Å². The van der Waals surface area contributed by atoms with Gasteiger partial charge in [0, 0.05) is 77.3 Å². The Kier molecular flexibility index (Phi) is 13.7. The summed E-state index contributed by atoms with van der Waals surface area (Å²) >= 11 is 8.03. The molecule has 6 aromatic rings. The van der Waals surface area contributed by atoms with Crippen LogP contribution in [0.4, 0.5) is 30.4 Å². The maximum Gasteiger partial charge on any atom is 0.573 e. The summed E-state index contributed by atoms with van der Waals surface area (Å²) in [7, 11) is -0.752. The minimum Gasteiger partial charge on any atom is -0.404 e. The molecule has 314 valence electrons. The number of aromatic nitrogens is 2. The van der Waals surface area contributed by atoms with Gasteiger partial charge in [-0.1, -0.05) is 66.2 Å². The fourth-order valence-corrected chi connectivity index (χ4v) is 9.42. The van der Waals surface area contributed by atoms with Crippen molar-refractivity contribution in [1.29, 1.82) is 0 Å². The van der Waals surface area contributed by atoms with E-state index in [1.54, 1.807) is 17.8 Å². The maximum atomic E-state index is 13.9. The Balaban J connectivity index is 1.05. The second-order valence-electron chi connectivity index (χ2n) is 14.7. The van der Waals surface area contributed by atoms with Gasteiger partial charge in [0.2, 0.25) is 0 Å². The van der Waals surface area contributed by atoms with Crippen molar-refractivity contribution in [1.82, 2.24) is 19.8 Å². The highest BCUT2D eigenvalue weighted by atomic mass is 35.5. The Hall–Kier alpha value is -5.06. The molecule has 60 heavy (non-hydrogen) atoms. The van der Waals surface area contributed by atoms with Crippen LogP contribution in [-0.2, 0) is 16.6 Å². The van der Waals surface area contributed by atoms with E-state index in [1.807, 2.05) is 91.8 Å². The standard InChI is InChI=1S/C44H45ClF3N7O3S2/c1-53(2)20-19-35(29-59-37-11-7-4-8-12-37)51-34-14-18-42(41(26-34)58-44(46,47)48)60(56,57)52-43-39-17-15-36(27-40(39)49-30-50-43)55-23-21-54(22-24-55)28-32-25-33(45)13-16-38(32)31-9-5-3-6-10-31/h3-18,25-27,30,35,51H,19-24,28-29H2,1-2H3,(H,49,50,52)/t35-/m1/s1. The van der Waals surface area contributed by atoms with Crippen molar-refractivity contribution in [2.24, 2.45) is 0 Å². The van der Waals surface area contributed by atoms with E-state index in [4.69, 9.17) is 11.6 Å². The van der Waals surface area contributed by atoms with Gasteiger partial charge in [-0.15, -0.1) is 24.9 Å². The van der Waals surface area contributed by atoms with Crippen LogP contribution >= 0.6 is 23.4 Å². The molecule has 10 nitrogen and oxygen atoms in total. The molecular formula is C44H45ClF3N7O3S2. The molecule has 1 atom stereocenters. The Morgan fingerprint density at radius 2 is 1.62 bits per heavy atom. The third kappa shape index (κ3) is 11.4. The fraction of sp³-hybridized carbons (Fsp3) is 0.273. The monoisotopic (exact) mass is 875 g/mol. The van der Waals surface area contributed by atoms with E-state index >= 15 is 0 Å². The number of benzene rings is 5. The van der Waals surface area contributed by atoms with Crippen LogP contribution in [0.2, 0.25) is 5.02 Å². The first-order valence-corrected chi connectivity index (χ1v) is 22.2. The van der Waals surface area contributed by atoms with Crippen LogP contribution in [0, 0.1) is 0 Å². The number of alkyl halides is 3. The molecule has 0 unspecified atom stereocenters. The van der Waals surface area contributed by atoms with Gasteiger partial charge in [0.25, 0.3) is 10.0 Å². The molecule has 0 aliphatic carbocycles. The number of rotatable bonds is 16. The first-order chi connectivity index (χ1) is 28.8. The summed E-state index contributed by atoms with van der Waals surface area (Å²) in [5, 5.41) is 4.37. The highest BCUT2D eigenvalue weighted by Gasteiger charge is 2.35. The molecule has 0 amide bonds. The number of sulfonamides is 1. The van der Waals surface area contributed by atoms with Gasteiger partial charge >= 0.3 is 6.36 Å². The molecule has 0 saturated carbocycles. The molecule has 1 fully saturated rings. The van der Waals surface area contributed by atoms with Crippen LogP contribution in [0.1, 0.15) is 12.0 Å². The molecule has 16 heteroatoms. The Morgan fingerprint density at radius 3 is 2.33 bits per heavy atom. The predicted octanol–water partition coefficient (Wildman–Crippen LogP) is 9.50. The zero-order valence-electron chi connectivity index (χ0n) is 33.1. The Labute approximate surface area is 357 Å². The van der Waals surface area contributed by atoms with Crippen molar-refractivity contribution >= 4 is 61.5 Å². The zero-order chi connectivity index (χ0) is 42.3. The van der Waals surface area contributed by atoms with Gasteiger partial charge in [0.1, 0.15) is 11.2 Å². The van der Waals surface area contributed by atoms with E-state index in [9.17, 15) is 21.6 Å². The van der Waals surface area contributed by atoms with Crippen LogP contribution in [0.15, 0.2) is 131 Å². The minimum absolute atomic E-state index is 0.0750. The number of fused-ring (bicyclic) bond motifs is 1. The summed E-state index contributed by atoms with van der Waals surface area (Å²) in [4.78, 5) is 15.6. The van der Waals surface area contributed by atoms with E-state index in [-0.39, 0.29) is 17.5 Å². The minimum atomic E-state index is -5.15. The molecular weight excluding hydrogens is 831 g/mol. The van der Waals surface area contributed by atoms with Gasteiger partial charge in [-0.25, -0.2) is 18.4 Å². The van der Waals surface area contributed by atoms with Crippen molar-refractivity contribution in [3.8, 4) is 16.9 Å². The second kappa shape index (κ2) is 19.1. The van der Waals surface area contributed by atoms with Crippen molar-refractivity contribution in [2.75, 3.05) is 67.5 Å². The average molecular weight is 876 g/mol. The number of ether oxygens (including phenoxy) is 1. The molecule has 0 spiro atoms. The topological polar surface area (TPSA) is 103 Å². The molecule has 2 N–H and O–H groups in total. The van der Waals surface area contributed by atoms with Crippen molar-refractivity contribution < 1.29 is 26.3 Å². The lowest BCUT2D eigenvalue weighted by atomic mass is 9.99. The summed E-state index contributed by atoms with van der Waals surface area (Å²) in [6.07, 6.45) is -3.25. The highest BCUT2D eigenvalue weighted by molar-refractivity contribution is 7.99. The van der Waals surface area contributed by atoms with Gasteiger partial charge in [0.15, 0.2) is 11.6 Å². The number of halogens is 4. The molecule has 2 heterocycles. The number of nitrogens with zero attached hydrogens (tertiary/aromatic N) is 5. The van der Waals surface area contributed by atoms with E-state index in [1.165, 1.54) is 12.4 Å². The lowest BCUT2D eigenvalue weighted by Gasteiger charge is -2.36. The second-order valence-corrected chi connectivity index (χ2v) is 17.9. The van der Waals surface area contributed by atoms with E-state index in [0.717, 1.165) is 78.7 Å². The average Bonchev–Trinajstić information content (AvgIpc) is 3.22. The third-order valence-corrected chi connectivity index (χ3v) is 12.9. The zero-order valence-corrected chi connectivity index (χ0v) is 35.5. The lowest BCUT2D eigenvalue weighted by Crippen LogP contribution is -2.46. The Morgan fingerprint density at radius 1 is 0.883 bits per heavy atom. The summed E-state index contributed by atoms with van der Waals surface area (Å²) in [5.74, 6) is -0.324. The number of hydrogen-bond acceptors (Lipinski definition) is 10. The molecule has 7 rings (SSSR count). The maximum absolute atomic E-state index is 13.9. The van der Waals surface area contributed by atoms with Crippen LogP contribution in [-0.4, -0.2) is 93.2 Å². The fourth-order valence-electron chi connectivity index (χ4n) is 7.09. The smallest absolute Gasteiger partial charge is 0.404 e. The van der Waals surface area contributed by atoms with Gasteiger partial charge in [-0.05, 0) is 98.3 Å². The largest absolute Gasteiger partial charge is 0.573 e. The summed E-state index contributed by atoms with van der Waals surface area (Å²) in [6.45, 7) is 4.55. The molecule has 1 aromatic heterocycles. The van der Waals surface area contributed by atoms with Crippen molar-refractivity contribution in [2.45, 2.75) is 35.2 Å². The van der Waals surface area contributed by atoms with Crippen LogP contribution in [0.25, 0.3) is 22.0 Å². The van der Waals surface area contributed by atoms with Gasteiger partial charge in [-0.3, -0.25) is 9.62 Å². The quantitative estimate of drug-likeness (QED) is 0.0915. The van der Waals surface area contributed by atoms with E-state index in [0.29, 0.717) is 28.1 Å². The summed E-state index contributed by atoms with van der Waals surface area (Å²) in [6, 6.07) is 34.9. The highest BCUT2D eigenvalue weighted by Crippen LogP contribution is 2.35. The first-order valence-electron chi connectivity index (χ1n) is 19.4. The first kappa shape index (κ1) is 43.0. The van der Waals surface area contributed by atoms with Crippen LogP contribution in [0.3, 0.4) is 0 Å². The third-order valence-electron chi connectivity index (χ3n) is 10.1. The summed E-state index contributed by atoms with van der Waals surface area (Å²) in [5.41, 5.74) is 5.09. The molecule has 5 aromatic carbocycles.